The average molecular weight is 675 g/mol. The van der Waals surface area contributed by atoms with Crippen molar-refractivity contribution in [1.29, 1.82) is 0 Å². The predicted molar refractivity (Wildman–Crippen MR) is 219 cm³/mol. The molecule has 0 aliphatic rings. The molecule has 0 saturated heterocycles. The van der Waals surface area contributed by atoms with Crippen LogP contribution in [-0.4, -0.2) is 19.5 Å². The number of aromatic amines is 1. The maximum absolute atomic E-state index is 5.50. The number of fused-ring (bicyclic) bond motifs is 6. The molecule has 4 heteroatoms. The van der Waals surface area contributed by atoms with E-state index in [4.69, 9.17) is 9.97 Å². The van der Waals surface area contributed by atoms with Gasteiger partial charge in [0.2, 0.25) is 0 Å². The van der Waals surface area contributed by atoms with Gasteiger partial charge in [0.15, 0.2) is 0 Å². The summed E-state index contributed by atoms with van der Waals surface area (Å²) in [6.45, 7) is 13.7. The van der Waals surface area contributed by atoms with Gasteiger partial charge >= 0.3 is 0 Å². The third-order valence-electron chi connectivity index (χ3n) is 10.5. The van der Waals surface area contributed by atoms with E-state index in [2.05, 4.69) is 178 Å². The number of hydrogen-bond acceptors (Lipinski definition) is 2. The van der Waals surface area contributed by atoms with Gasteiger partial charge in [-0.3, -0.25) is 4.57 Å². The molecule has 5 aromatic carbocycles. The number of nitrogens with zero attached hydrogens (tertiary/aromatic N) is 3. The molecule has 4 heterocycles. The van der Waals surface area contributed by atoms with Crippen molar-refractivity contribution in [2.24, 2.45) is 0 Å². The Kier molecular flexibility index (Phi) is 7.24. The number of para-hydroxylation sites is 1. The van der Waals surface area contributed by atoms with Crippen LogP contribution in [-0.2, 0) is 10.8 Å². The van der Waals surface area contributed by atoms with Crippen molar-refractivity contribution in [2.45, 2.75) is 52.4 Å². The lowest BCUT2D eigenvalue weighted by molar-refractivity contribution is 0.590. The Labute approximate surface area is 304 Å². The molecule has 0 aliphatic carbocycles. The van der Waals surface area contributed by atoms with E-state index in [-0.39, 0.29) is 10.8 Å². The summed E-state index contributed by atoms with van der Waals surface area (Å²) in [5.41, 5.74) is 14.3. The Morgan fingerprint density at radius 1 is 0.519 bits per heavy atom. The van der Waals surface area contributed by atoms with Crippen molar-refractivity contribution in [3.8, 4) is 39.3 Å². The second-order valence-electron chi connectivity index (χ2n) is 16.1. The molecule has 0 aliphatic heterocycles. The lowest BCUT2D eigenvalue weighted by atomic mass is 9.83. The average Bonchev–Trinajstić information content (AvgIpc) is 3.69. The Morgan fingerprint density at radius 2 is 1.23 bits per heavy atom. The largest absolute Gasteiger partial charge is 0.354 e. The summed E-state index contributed by atoms with van der Waals surface area (Å²) in [6.07, 6.45) is 1.87. The van der Waals surface area contributed by atoms with E-state index in [0.717, 1.165) is 66.9 Å². The lowest BCUT2D eigenvalue weighted by Crippen LogP contribution is -2.11. The molecule has 4 aromatic heterocycles. The van der Waals surface area contributed by atoms with Gasteiger partial charge in [0, 0.05) is 50.1 Å². The van der Waals surface area contributed by atoms with Crippen LogP contribution in [0.15, 0.2) is 140 Å². The summed E-state index contributed by atoms with van der Waals surface area (Å²) in [7, 11) is 0. The minimum Gasteiger partial charge on any atom is -0.354 e. The highest BCUT2D eigenvalue weighted by atomic mass is 15.0. The van der Waals surface area contributed by atoms with Gasteiger partial charge in [0.1, 0.15) is 5.65 Å². The molecular weight excluding hydrogens is 633 g/mol. The predicted octanol–water partition coefficient (Wildman–Crippen LogP) is 12.8. The fraction of sp³-hybridized carbons (Fsp3) is 0.167. The van der Waals surface area contributed by atoms with E-state index in [9.17, 15) is 0 Å². The number of hydrogen-bond donors (Lipinski definition) is 1. The van der Waals surface area contributed by atoms with Gasteiger partial charge in [-0.1, -0.05) is 108 Å². The maximum Gasteiger partial charge on any atom is 0.145 e. The Bertz CT molecular complexity index is 2750. The molecule has 0 amide bonds. The molecule has 254 valence electrons. The summed E-state index contributed by atoms with van der Waals surface area (Å²) in [5.74, 6) is 0. The number of rotatable bonds is 4. The number of benzene rings is 5. The molecular formula is C48H42N4. The molecule has 0 radical (unpaired) electrons. The van der Waals surface area contributed by atoms with Crippen LogP contribution in [0.1, 0.15) is 52.7 Å². The minimum absolute atomic E-state index is 0.0482. The van der Waals surface area contributed by atoms with Crippen LogP contribution in [0.3, 0.4) is 0 Å². The van der Waals surface area contributed by atoms with Gasteiger partial charge in [-0.15, -0.1) is 0 Å². The first-order chi connectivity index (χ1) is 25.0. The van der Waals surface area contributed by atoms with Crippen LogP contribution in [0.25, 0.3) is 83.1 Å². The first-order valence-electron chi connectivity index (χ1n) is 18.2. The number of H-pyrrole nitrogens is 1. The van der Waals surface area contributed by atoms with E-state index in [1.54, 1.807) is 0 Å². The molecule has 4 nitrogen and oxygen atoms in total. The summed E-state index contributed by atoms with van der Waals surface area (Å²) in [6, 6.07) is 48.2. The summed E-state index contributed by atoms with van der Waals surface area (Å²) in [4.78, 5) is 14.2. The molecule has 0 bridgehead atoms. The molecule has 0 unspecified atom stereocenters. The normalized spacial score (nSPS) is 12.4. The zero-order valence-electron chi connectivity index (χ0n) is 30.6. The SMILES string of the molecule is CC(C)(C)c1ccc2[nH]c3c(-c4cc(-c5ccccc5)cc(-c5cccc(-n6c7ccccc7c7cccnc76)c5)n4)cc(C(C)(C)C)cc3c2c1. The fourth-order valence-corrected chi connectivity index (χ4v) is 7.58. The van der Waals surface area contributed by atoms with Crippen LogP contribution < -0.4 is 0 Å². The van der Waals surface area contributed by atoms with Crippen LogP contribution >= 0.6 is 0 Å². The lowest BCUT2D eigenvalue weighted by Gasteiger charge is -2.21. The van der Waals surface area contributed by atoms with E-state index >= 15 is 0 Å². The summed E-state index contributed by atoms with van der Waals surface area (Å²) < 4.78 is 2.27. The molecule has 9 rings (SSSR count). The molecule has 52 heavy (non-hydrogen) atoms. The molecule has 0 saturated carbocycles. The second-order valence-corrected chi connectivity index (χ2v) is 16.1. The smallest absolute Gasteiger partial charge is 0.145 e. The Balaban J connectivity index is 1.29. The molecule has 0 atom stereocenters. The first-order valence-corrected chi connectivity index (χ1v) is 18.2. The van der Waals surface area contributed by atoms with Gasteiger partial charge in [0.25, 0.3) is 0 Å². The third kappa shape index (κ3) is 5.38. The molecule has 1 N–H and O–H groups in total. The van der Waals surface area contributed by atoms with Crippen molar-refractivity contribution < 1.29 is 0 Å². The van der Waals surface area contributed by atoms with Crippen molar-refractivity contribution in [2.75, 3.05) is 0 Å². The molecule has 9 aromatic rings. The van der Waals surface area contributed by atoms with Crippen LogP contribution in [0, 0.1) is 0 Å². The van der Waals surface area contributed by atoms with Gasteiger partial charge < -0.3 is 4.98 Å². The fourth-order valence-electron chi connectivity index (χ4n) is 7.58. The molecule has 0 spiro atoms. The monoisotopic (exact) mass is 674 g/mol. The van der Waals surface area contributed by atoms with Crippen LogP contribution in [0.2, 0.25) is 0 Å². The molecule has 0 fully saturated rings. The number of pyridine rings is 2. The van der Waals surface area contributed by atoms with Crippen molar-refractivity contribution in [3.63, 3.8) is 0 Å². The van der Waals surface area contributed by atoms with Crippen molar-refractivity contribution >= 4 is 43.7 Å². The number of nitrogens with one attached hydrogen (secondary N) is 1. The highest BCUT2D eigenvalue weighted by molar-refractivity contribution is 6.12. The quantitative estimate of drug-likeness (QED) is 0.202. The zero-order chi connectivity index (χ0) is 35.8. The topological polar surface area (TPSA) is 46.5 Å². The van der Waals surface area contributed by atoms with E-state index in [1.807, 2.05) is 12.3 Å². The Hall–Kier alpha value is -6.00. The standard InChI is InChI=1S/C48H42N4/c1-47(2,3)33-21-22-41-38(27-33)39-28-34(48(4,5)6)29-40(45(39)51-41)43-26-32(30-14-8-7-9-15-30)25-42(50-43)31-16-12-17-35(24-31)52-44-20-11-10-18-36(44)37-19-13-23-49-46(37)52/h7-29,51H,1-6H3. The van der Waals surface area contributed by atoms with Crippen molar-refractivity contribution in [1.82, 2.24) is 19.5 Å². The third-order valence-corrected chi connectivity index (χ3v) is 10.5. The van der Waals surface area contributed by atoms with Gasteiger partial charge in [-0.25, -0.2) is 9.97 Å². The van der Waals surface area contributed by atoms with Gasteiger partial charge in [-0.05, 0) is 99.8 Å². The maximum atomic E-state index is 5.50. The van der Waals surface area contributed by atoms with E-state index in [1.165, 1.54) is 27.3 Å². The Morgan fingerprint density at radius 3 is 2.04 bits per heavy atom. The van der Waals surface area contributed by atoms with Crippen molar-refractivity contribution in [3.05, 3.63) is 151 Å². The summed E-state index contributed by atoms with van der Waals surface area (Å²) >= 11 is 0. The zero-order valence-corrected chi connectivity index (χ0v) is 30.6. The van der Waals surface area contributed by atoms with Gasteiger partial charge in [0.05, 0.1) is 22.4 Å². The van der Waals surface area contributed by atoms with Crippen LogP contribution in [0.4, 0.5) is 0 Å². The first kappa shape index (κ1) is 31.9. The highest BCUT2D eigenvalue weighted by Crippen LogP contribution is 2.41. The van der Waals surface area contributed by atoms with Gasteiger partial charge in [-0.2, -0.15) is 0 Å². The minimum atomic E-state index is -0.0568. The second kappa shape index (κ2) is 11.8. The van der Waals surface area contributed by atoms with Crippen LogP contribution in [0.5, 0.6) is 0 Å². The van der Waals surface area contributed by atoms with E-state index in [0.29, 0.717) is 0 Å². The van der Waals surface area contributed by atoms with E-state index < -0.39 is 0 Å². The summed E-state index contributed by atoms with van der Waals surface area (Å²) in [5, 5.41) is 4.82. The highest BCUT2D eigenvalue weighted by Gasteiger charge is 2.22. The number of aromatic nitrogens is 4.